The van der Waals surface area contributed by atoms with E-state index in [1.165, 1.54) is 6.21 Å². The van der Waals surface area contributed by atoms with Gasteiger partial charge in [0.2, 0.25) is 0 Å². The predicted octanol–water partition coefficient (Wildman–Crippen LogP) is 3.71. The van der Waals surface area contributed by atoms with Crippen molar-refractivity contribution in [2.45, 2.75) is 26.7 Å². The number of rotatable bonds is 6. The maximum atomic E-state index is 11.9. The number of azo groups is 1. The minimum atomic E-state index is 0.0972. The number of carbonyl (C=O) groups is 1. The summed E-state index contributed by atoms with van der Waals surface area (Å²) in [5.41, 5.74) is 2.26. The highest BCUT2D eigenvalue weighted by Gasteiger charge is 2.10. The zero-order valence-corrected chi connectivity index (χ0v) is 10.2. The maximum Gasteiger partial charge on any atom is 0.165 e. The molecule has 1 N–H and O–H groups in total. The zero-order valence-electron chi connectivity index (χ0n) is 10.2. The standard InChI is InChI=1S/C13H17N3O/c1-3-4-13(17)11-9-10(2)5-6-12(11)16-15-8-7-14/h5-7,9,14H,3-4,8H2,1-2H3. The highest BCUT2D eigenvalue weighted by atomic mass is 16.1. The van der Waals surface area contributed by atoms with Crippen LogP contribution in [0.15, 0.2) is 28.4 Å². The first-order valence-electron chi connectivity index (χ1n) is 5.69. The number of benzene rings is 1. The molecule has 0 radical (unpaired) electrons. The maximum absolute atomic E-state index is 11.9. The molecule has 0 aliphatic heterocycles. The average Bonchev–Trinajstić information content (AvgIpc) is 2.31. The second-order valence-electron chi connectivity index (χ2n) is 3.82. The largest absolute Gasteiger partial charge is 0.311 e. The number of hydrogen-bond acceptors (Lipinski definition) is 4. The first-order chi connectivity index (χ1) is 8.19. The van der Waals surface area contributed by atoms with Crippen molar-refractivity contribution in [2.75, 3.05) is 6.54 Å². The topological polar surface area (TPSA) is 65.6 Å². The minimum absolute atomic E-state index is 0.0972. The zero-order chi connectivity index (χ0) is 12.7. The minimum Gasteiger partial charge on any atom is -0.311 e. The normalized spacial score (nSPS) is 10.7. The van der Waals surface area contributed by atoms with Crippen LogP contribution in [-0.2, 0) is 0 Å². The molecule has 4 nitrogen and oxygen atoms in total. The molecule has 0 saturated heterocycles. The lowest BCUT2D eigenvalue weighted by molar-refractivity contribution is 0.0982. The SMILES string of the molecule is CCCC(=O)c1cc(C)ccc1N=NCC=N. The van der Waals surface area contributed by atoms with Gasteiger partial charge in [0.15, 0.2) is 5.78 Å². The highest BCUT2D eigenvalue weighted by Crippen LogP contribution is 2.22. The number of carbonyl (C=O) groups excluding carboxylic acids is 1. The van der Waals surface area contributed by atoms with Gasteiger partial charge in [0.05, 0.1) is 12.2 Å². The van der Waals surface area contributed by atoms with E-state index in [-0.39, 0.29) is 12.3 Å². The molecule has 0 fully saturated rings. The molecule has 4 heteroatoms. The van der Waals surface area contributed by atoms with Crippen LogP contribution < -0.4 is 0 Å². The van der Waals surface area contributed by atoms with Gasteiger partial charge in [-0.25, -0.2) is 0 Å². The lowest BCUT2D eigenvalue weighted by atomic mass is 10.0. The smallest absolute Gasteiger partial charge is 0.165 e. The van der Waals surface area contributed by atoms with E-state index in [4.69, 9.17) is 5.41 Å². The van der Waals surface area contributed by atoms with Gasteiger partial charge < -0.3 is 5.41 Å². The molecule has 1 aromatic rings. The lowest BCUT2D eigenvalue weighted by Gasteiger charge is -2.04. The van der Waals surface area contributed by atoms with Crippen LogP contribution in [0.25, 0.3) is 0 Å². The molecule has 0 amide bonds. The molecule has 0 saturated carbocycles. The van der Waals surface area contributed by atoms with Crippen molar-refractivity contribution in [3.63, 3.8) is 0 Å². The summed E-state index contributed by atoms with van der Waals surface area (Å²) in [5.74, 6) is 0.0972. The van der Waals surface area contributed by atoms with Gasteiger partial charge >= 0.3 is 0 Å². The number of hydrogen-bond donors (Lipinski definition) is 1. The molecule has 90 valence electrons. The van der Waals surface area contributed by atoms with Crippen molar-refractivity contribution < 1.29 is 4.79 Å². The molecule has 0 aliphatic carbocycles. The van der Waals surface area contributed by atoms with Crippen molar-refractivity contribution in [3.05, 3.63) is 29.3 Å². The van der Waals surface area contributed by atoms with E-state index < -0.39 is 0 Å². The second-order valence-corrected chi connectivity index (χ2v) is 3.82. The Labute approximate surface area is 101 Å². The summed E-state index contributed by atoms with van der Waals surface area (Å²) >= 11 is 0. The average molecular weight is 231 g/mol. The van der Waals surface area contributed by atoms with E-state index in [0.29, 0.717) is 17.7 Å². The van der Waals surface area contributed by atoms with Crippen LogP contribution in [-0.4, -0.2) is 18.5 Å². The molecule has 0 bridgehead atoms. The first-order valence-corrected chi connectivity index (χ1v) is 5.69. The summed E-state index contributed by atoms with van der Waals surface area (Å²) in [7, 11) is 0. The third-order valence-corrected chi connectivity index (χ3v) is 2.28. The Kier molecular flexibility index (Phi) is 5.20. The quantitative estimate of drug-likeness (QED) is 0.452. The Morgan fingerprint density at radius 1 is 1.47 bits per heavy atom. The van der Waals surface area contributed by atoms with Crippen LogP contribution in [0.3, 0.4) is 0 Å². The van der Waals surface area contributed by atoms with Crippen molar-refractivity contribution in [3.8, 4) is 0 Å². The van der Waals surface area contributed by atoms with E-state index in [1.807, 2.05) is 26.0 Å². The van der Waals surface area contributed by atoms with Crippen LogP contribution >= 0.6 is 0 Å². The van der Waals surface area contributed by atoms with Crippen molar-refractivity contribution in [2.24, 2.45) is 10.2 Å². The molecule has 0 atom stereocenters. The molecule has 0 aliphatic rings. The van der Waals surface area contributed by atoms with Gasteiger partial charge in [-0.3, -0.25) is 4.79 Å². The van der Waals surface area contributed by atoms with E-state index in [9.17, 15) is 4.79 Å². The molecular weight excluding hydrogens is 214 g/mol. The summed E-state index contributed by atoms with van der Waals surface area (Å²) in [6, 6.07) is 5.55. The summed E-state index contributed by atoms with van der Waals surface area (Å²) in [6.07, 6.45) is 2.52. The Balaban J connectivity index is 3.03. The summed E-state index contributed by atoms with van der Waals surface area (Å²) in [4.78, 5) is 11.9. The Morgan fingerprint density at radius 2 is 2.24 bits per heavy atom. The van der Waals surface area contributed by atoms with Crippen LogP contribution in [0, 0.1) is 12.3 Å². The fourth-order valence-corrected chi connectivity index (χ4v) is 1.48. The number of aryl methyl sites for hydroxylation is 1. The molecule has 0 heterocycles. The highest BCUT2D eigenvalue weighted by molar-refractivity contribution is 6.00. The van der Waals surface area contributed by atoms with Gasteiger partial charge in [-0.1, -0.05) is 18.6 Å². The van der Waals surface area contributed by atoms with E-state index >= 15 is 0 Å². The van der Waals surface area contributed by atoms with Crippen LogP contribution in [0.4, 0.5) is 5.69 Å². The second kappa shape index (κ2) is 6.68. The molecule has 1 rings (SSSR count). The third-order valence-electron chi connectivity index (χ3n) is 2.28. The Morgan fingerprint density at radius 3 is 2.88 bits per heavy atom. The Bertz CT molecular complexity index is 438. The van der Waals surface area contributed by atoms with Crippen LogP contribution in [0.2, 0.25) is 0 Å². The summed E-state index contributed by atoms with van der Waals surface area (Å²) in [5, 5.41) is 14.7. The van der Waals surface area contributed by atoms with Crippen LogP contribution in [0.1, 0.15) is 35.7 Å². The van der Waals surface area contributed by atoms with Gasteiger partial charge in [-0.2, -0.15) is 10.2 Å². The number of Topliss-reactive ketones (excluding diaryl/α,β-unsaturated/α-hetero) is 1. The number of nitrogens with zero attached hydrogens (tertiary/aromatic N) is 2. The van der Waals surface area contributed by atoms with E-state index in [2.05, 4.69) is 10.2 Å². The molecule has 17 heavy (non-hydrogen) atoms. The van der Waals surface area contributed by atoms with Gasteiger partial charge in [0.25, 0.3) is 0 Å². The summed E-state index contributed by atoms with van der Waals surface area (Å²) in [6.45, 7) is 4.17. The molecular formula is C13H17N3O. The van der Waals surface area contributed by atoms with E-state index in [0.717, 1.165) is 12.0 Å². The predicted molar refractivity (Wildman–Crippen MR) is 68.6 cm³/mol. The monoisotopic (exact) mass is 231 g/mol. The van der Waals surface area contributed by atoms with E-state index in [1.54, 1.807) is 6.07 Å². The van der Waals surface area contributed by atoms with Gasteiger partial charge in [0, 0.05) is 18.2 Å². The van der Waals surface area contributed by atoms with Gasteiger partial charge in [-0.05, 0) is 25.5 Å². The fourth-order valence-electron chi connectivity index (χ4n) is 1.48. The summed E-state index contributed by atoms with van der Waals surface area (Å²) < 4.78 is 0. The van der Waals surface area contributed by atoms with Crippen molar-refractivity contribution in [1.82, 2.24) is 0 Å². The van der Waals surface area contributed by atoms with Crippen molar-refractivity contribution in [1.29, 1.82) is 5.41 Å². The third kappa shape index (κ3) is 3.90. The molecule has 1 aromatic carbocycles. The number of nitrogens with one attached hydrogen (secondary N) is 1. The van der Waals surface area contributed by atoms with Crippen LogP contribution in [0.5, 0.6) is 0 Å². The van der Waals surface area contributed by atoms with Crippen molar-refractivity contribution >= 4 is 17.7 Å². The Hall–Kier alpha value is -1.84. The lowest BCUT2D eigenvalue weighted by Crippen LogP contribution is -1.99. The first kappa shape index (κ1) is 13.2. The van der Waals surface area contributed by atoms with Gasteiger partial charge in [-0.15, -0.1) is 0 Å². The molecule has 0 aromatic heterocycles. The van der Waals surface area contributed by atoms with Gasteiger partial charge in [0.1, 0.15) is 0 Å². The molecule has 0 unspecified atom stereocenters. The molecule has 0 spiro atoms. The number of ketones is 1. The fraction of sp³-hybridized carbons (Fsp3) is 0.385.